The molecular weight excluding hydrogens is 286 g/mol. The molecule has 112 valence electrons. The van der Waals surface area contributed by atoms with Crippen molar-refractivity contribution in [2.45, 2.75) is 26.7 Å². The molecule has 0 unspecified atom stereocenters. The predicted octanol–water partition coefficient (Wildman–Crippen LogP) is 3.07. The highest BCUT2D eigenvalue weighted by molar-refractivity contribution is 7.15. The summed E-state index contributed by atoms with van der Waals surface area (Å²) in [7, 11) is 0. The molecule has 0 saturated heterocycles. The second kappa shape index (κ2) is 7.85. The van der Waals surface area contributed by atoms with Gasteiger partial charge in [0.15, 0.2) is 0 Å². The molecule has 2 rings (SSSR count). The van der Waals surface area contributed by atoms with Crippen LogP contribution in [0.25, 0.3) is 0 Å². The van der Waals surface area contributed by atoms with Crippen LogP contribution in [0.1, 0.15) is 34.3 Å². The summed E-state index contributed by atoms with van der Waals surface area (Å²) < 4.78 is 5.41. The predicted molar refractivity (Wildman–Crippen MR) is 83.9 cm³/mol. The summed E-state index contributed by atoms with van der Waals surface area (Å²) in [6, 6.07) is 7.41. The zero-order chi connectivity index (χ0) is 15.1. The van der Waals surface area contributed by atoms with Crippen molar-refractivity contribution in [3.63, 3.8) is 0 Å². The third-order valence-corrected chi connectivity index (χ3v) is 3.71. The molecule has 1 N–H and O–H groups in total. The molecule has 5 nitrogen and oxygen atoms in total. The maximum atomic E-state index is 12.0. The van der Waals surface area contributed by atoms with Gasteiger partial charge in [0.2, 0.25) is 5.13 Å². The molecule has 0 radical (unpaired) electrons. The fourth-order valence-corrected chi connectivity index (χ4v) is 2.40. The third-order valence-electron chi connectivity index (χ3n) is 2.81. The minimum absolute atomic E-state index is 0.167. The standard InChI is InChI=1S/C15H19N3O2S/c1-3-9-20-10-8-13-17-18-15(21-13)16-14(19)12-6-4-11(2)5-7-12/h4-7H,3,8-10H2,1-2H3,(H,16,18,19). The second-order valence-corrected chi connectivity index (χ2v) is 5.75. The summed E-state index contributed by atoms with van der Waals surface area (Å²) in [5, 5.41) is 12.2. The summed E-state index contributed by atoms with van der Waals surface area (Å²) in [6.45, 7) is 5.45. The Morgan fingerprint density at radius 1 is 1.24 bits per heavy atom. The Kier molecular flexibility index (Phi) is 5.83. The highest BCUT2D eigenvalue weighted by Crippen LogP contribution is 2.17. The zero-order valence-corrected chi connectivity index (χ0v) is 13.1. The number of amides is 1. The lowest BCUT2D eigenvalue weighted by atomic mass is 10.1. The molecular formula is C15H19N3O2S. The first kappa shape index (κ1) is 15.6. The van der Waals surface area contributed by atoms with Crippen molar-refractivity contribution in [3.05, 3.63) is 40.4 Å². The first-order valence-electron chi connectivity index (χ1n) is 6.97. The Balaban J connectivity index is 1.87. The van der Waals surface area contributed by atoms with Gasteiger partial charge in [-0.25, -0.2) is 0 Å². The molecule has 0 spiro atoms. The Morgan fingerprint density at radius 2 is 2.00 bits per heavy atom. The van der Waals surface area contributed by atoms with Gasteiger partial charge in [-0.3, -0.25) is 10.1 Å². The Hall–Kier alpha value is -1.79. The topological polar surface area (TPSA) is 64.1 Å². The van der Waals surface area contributed by atoms with E-state index < -0.39 is 0 Å². The monoisotopic (exact) mass is 305 g/mol. The number of aromatic nitrogens is 2. The fourth-order valence-electron chi connectivity index (χ4n) is 1.69. The molecule has 1 amide bonds. The molecule has 0 atom stereocenters. The minimum Gasteiger partial charge on any atom is -0.381 e. The molecule has 1 aromatic heterocycles. The molecule has 0 saturated carbocycles. The third kappa shape index (κ3) is 4.91. The average molecular weight is 305 g/mol. The SMILES string of the molecule is CCCOCCc1nnc(NC(=O)c2ccc(C)cc2)s1. The van der Waals surface area contributed by atoms with Crippen LogP contribution in [0.3, 0.4) is 0 Å². The van der Waals surface area contributed by atoms with E-state index in [1.165, 1.54) is 11.3 Å². The smallest absolute Gasteiger partial charge is 0.257 e. The van der Waals surface area contributed by atoms with Gasteiger partial charge in [-0.05, 0) is 25.5 Å². The van der Waals surface area contributed by atoms with E-state index in [0.717, 1.165) is 30.0 Å². The molecule has 0 aliphatic carbocycles. The van der Waals surface area contributed by atoms with Crippen molar-refractivity contribution in [2.75, 3.05) is 18.5 Å². The number of nitrogens with zero attached hydrogens (tertiary/aromatic N) is 2. The summed E-state index contributed by atoms with van der Waals surface area (Å²) in [5.74, 6) is -0.167. The Morgan fingerprint density at radius 3 is 2.71 bits per heavy atom. The summed E-state index contributed by atoms with van der Waals surface area (Å²) in [5.41, 5.74) is 1.74. The van der Waals surface area contributed by atoms with Gasteiger partial charge in [-0.2, -0.15) is 0 Å². The van der Waals surface area contributed by atoms with Crippen molar-refractivity contribution >= 4 is 22.4 Å². The van der Waals surface area contributed by atoms with Gasteiger partial charge < -0.3 is 4.74 Å². The average Bonchev–Trinajstić information content (AvgIpc) is 2.92. The normalized spacial score (nSPS) is 10.6. The zero-order valence-electron chi connectivity index (χ0n) is 12.3. The van der Waals surface area contributed by atoms with Crippen LogP contribution in [-0.2, 0) is 11.2 Å². The number of carbonyl (C=O) groups excluding carboxylic acids is 1. The molecule has 1 aromatic carbocycles. The number of ether oxygens (including phenoxy) is 1. The lowest BCUT2D eigenvalue weighted by Crippen LogP contribution is -2.11. The van der Waals surface area contributed by atoms with Crippen LogP contribution in [0.5, 0.6) is 0 Å². The van der Waals surface area contributed by atoms with Gasteiger partial charge in [0.25, 0.3) is 5.91 Å². The van der Waals surface area contributed by atoms with E-state index in [0.29, 0.717) is 17.3 Å². The number of hydrogen-bond donors (Lipinski definition) is 1. The van der Waals surface area contributed by atoms with Gasteiger partial charge in [-0.1, -0.05) is 36.0 Å². The van der Waals surface area contributed by atoms with Crippen LogP contribution in [0.4, 0.5) is 5.13 Å². The molecule has 2 aromatic rings. The number of hydrogen-bond acceptors (Lipinski definition) is 5. The lowest BCUT2D eigenvalue weighted by Gasteiger charge is -2.01. The van der Waals surface area contributed by atoms with Crippen molar-refractivity contribution in [2.24, 2.45) is 0 Å². The molecule has 0 bridgehead atoms. The number of carbonyl (C=O) groups is 1. The van der Waals surface area contributed by atoms with E-state index in [2.05, 4.69) is 22.4 Å². The van der Waals surface area contributed by atoms with Gasteiger partial charge >= 0.3 is 0 Å². The molecule has 0 aliphatic rings. The van der Waals surface area contributed by atoms with E-state index in [-0.39, 0.29) is 5.91 Å². The van der Waals surface area contributed by atoms with E-state index in [1.54, 1.807) is 12.1 Å². The number of nitrogens with one attached hydrogen (secondary N) is 1. The highest BCUT2D eigenvalue weighted by atomic mass is 32.1. The summed E-state index contributed by atoms with van der Waals surface area (Å²) >= 11 is 1.38. The van der Waals surface area contributed by atoms with Gasteiger partial charge in [0.1, 0.15) is 5.01 Å². The quantitative estimate of drug-likeness (QED) is 0.798. The van der Waals surface area contributed by atoms with Crippen molar-refractivity contribution in [3.8, 4) is 0 Å². The van der Waals surface area contributed by atoms with E-state index in [4.69, 9.17) is 4.74 Å². The van der Waals surface area contributed by atoms with E-state index >= 15 is 0 Å². The van der Waals surface area contributed by atoms with Gasteiger partial charge in [0.05, 0.1) is 6.61 Å². The van der Waals surface area contributed by atoms with Crippen LogP contribution in [0.15, 0.2) is 24.3 Å². The number of rotatable bonds is 7. The van der Waals surface area contributed by atoms with Crippen molar-refractivity contribution < 1.29 is 9.53 Å². The van der Waals surface area contributed by atoms with Gasteiger partial charge in [-0.15, -0.1) is 10.2 Å². The van der Waals surface area contributed by atoms with Crippen molar-refractivity contribution in [1.29, 1.82) is 0 Å². The van der Waals surface area contributed by atoms with Crippen LogP contribution in [-0.4, -0.2) is 29.3 Å². The Bertz CT molecular complexity index is 581. The second-order valence-electron chi connectivity index (χ2n) is 4.68. The number of aryl methyl sites for hydroxylation is 1. The largest absolute Gasteiger partial charge is 0.381 e. The first-order chi connectivity index (χ1) is 10.2. The van der Waals surface area contributed by atoms with E-state index in [9.17, 15) is 4.79 Å². The molecule has 0 aliphatic heterocycles. The van der Waals surface area contributed by atoms with Crippen molar-refractivity contribution in [1.82, 2.24) is 10.2 Å². The summed E-state index contributed by atoms with van der Waals surface area (Å²) in [6.07, 6.45) is 1.73. The number of benzene rings is 1. The molecule has 1 heterocycles. The summed E-state index contributed by atoms with van der Waals surface area (Å²) in [4.78, 5) is 12.0. The van der Waals surface area contributed by atoms with Gasteiger partial charge in [0, 0.05) is 18.6 Å². The van der Waals surface area contributed by atoms with E-state index in [1.807, 2.05) is 19.1 Å². The van der Waals surface area contributed by atoms with Crippen LogP contribution < -0.4 is 5.32 Å². The first-order valence-corrected chi connectivity index (χ1v) is 7.79. The molecule has 21 heavy (non-hydrogen) atoms. The number of anilines is 1. The van der Waals surface area contributed by atoms with Crippen LogP contribution in [0, 0.1) is 6.92 Å². The fraction of sp³-hybridized carbons (Fsp3) is 0.400. The van der Waals surface area contributed by atoms with Crippen LogP contribution in [0.2, 0.25) is 0 Å². The van der Waals surface area contributed by atoms with Crippen LogP contribution >= 0.6 is 11.3 Å². The maximum Gasteiger partial charge on any atom is 0.257 e. The molecule has 6 heteroatoms. The Labute approximate surface area is 128 Å². The minimum atomic E-state index is -0.167. The highest BCUT2D eigenvalue weighted by Gasteiger charge is 2.10. The molecule has 0 fully saturated rings. The lowest BCUT2D eigenvalue weighted by molar-refractivity contribution is 0.102. The maximum absolute atomic E-state index is 12.0.